The maximum atomic E-state index is 12.0. The zero-order valence-corrected chi connectivity index (χ0v) is 14.4. The Labute approximate surface area is 154 Å². The number of nitro benzene ring substituents is 1. The van der Waals surface area contributed by atoms with Crippen molar-refractivity contribution >= 4 is 17.3 Å². The van der Waals surface area contributed by atoms with Gasteiger partial charge in [-0.05, 0) is 30.3 Å². The largest absolute Gasteiger partial charge is 0.497 e. The molecule has 0 saturated carbocycles. The van der Waals surface area contributed by atoms with E-state index < -0.39 is 4.92 Å². The Morgan fingerprint density at radius 1 is 1.26 bits per heavy atom. The summed E-state index contributed by atoms with van der Waals surface area (Å²) in [6.45, 7) is 0. The Kier molecular flexibility index (Phi) is 5.41. The molecule has 0 aliphatic rings. The molecule has 9 nitrogen and oxygen atoms in total. The highest BCUT2D eigenvalue weighted by Crippen LogP contribution is 2.20. The molecule has 1 heterocycles. The minimum atomic E-state index is -0.519. The number of rotatable bonds is 7. The Bertz CT molecular complexity index is 952. The van der Waals surface area contributed by atoms with E-state index in [2.05, 4.69) is 15.5 Å². The zero-order chi connectivity index (χ0) is 19.2. The van der Waals surface area contributed by atoms with Crippen molar-refractivity contribution in [2.75, 3.05) is 12.4 Å². The molecule has 3 rings (SSSR count). The highest BCUT2D eigenvalue weighted by molar-refractivity contribution is 5.91. The van der Waals surface area contributed by atoms with Crippen molar-refractivity contribution in [1.29, 1.82) is 0 Å². The van der Waals surface area contributed by atoms with Gasteiger partial charge in [0.1, 0.15) is 5.75 Å². The average Bonchev–Trinajstić information content (AvgIpc) is 3.16. The fourth-order valence-electron chi connectivity index (χ4n) is 2.35. The number of aromatic nitrogens is 2. The SMILES string of the molecule is COc1ccc(-c2noc(CCC(=O)Nc3cccc([N+](=O)[O-])c3)n2)cc1. The first-order chi connectivity index (χ1) is 13.0. The molecule has 0 radical (unpaired) electrons. The third kappa shape index (κ3) is 4.66. The number of ether oxygens (including phenoxy) is 1. The van der Waals surface area contributed by atoms with E-state index in [9.17, 15) is 14.9 Å². The first-order valence-corrected chi connectivity index (χ1v) is 8.06. The number of amides is 1. The van der Waals surface area contributed by atoms with Gasteiger partial charge in [0, 0.05) is 36.2 Å². The number of aryl methyl sites for hydroxylation is 1. The van der Waals surface area contributed by atoms with Crippen LogP contribution in [0.3, 0.4) is 0 Å². The Morgan fingerprint density at radius 2 is 2.04 bits per heavy atom. The van der Waals surface area contributed by atoms with Gasteiger partial charge in [-0.3, -0.25) is 14.9 Å². The minimum Gasteiger partial charge on any atom is -0.497 e. The number of hydrogen-bond donors (Lipinski definition) is 1. The van der Waals surface area contributed by atoms with Crippen LogP contribution in [-0.2, 0) is 11.2 Å². The van der Waals surface area contributed by atoms with E-state index in [4.69, 9.17) is 9.26 Å². The summed E-state index contributed by atoms with van der Waals surface area (Å²) in [5, 5.41) is 17.3. The van der Waals surface area contributed by atoms with Gasteiger partial charge in [0.2, 0.25) is 17.6 Å². The van der Waals surface area contributed by atoms with E-state index in [1.165, 1.54) is 18.2 Å². The highest BCUT2D eigenvalue weighted by Gasteiger charge is 2.12. The lowest BCUT2D eigenvalue weighted by atomic mass is 10.2. The lowest BCUT2D eigenvalue weighted by molar-refractivity contribution is -0.384. The van der Waals surface area contributed by atoms with E-state index in [1.807, 2.05) is 12.1 Å². The molecule has 0 aliphatic heterocycles. The summed E-state index contributed by atoms with van der Waals surface area (Å²) in [4.78, 5) is 26.5. The van der Waals surface area contributed by atoms with Gasteiger partial charge in [-0.2, -0.15) is 4.98 Å². The fraction of sp³-hybridized carbons (Fsp3) is 0.167. The third-order valence-corrected chi connectivity index (χ3v) is 3.72. The predicted molar refractivity (Wildman–Crippen MR) is 96.3 cm³/mol. The van der Waals surface area contributed by atoms with E-state index in [0.717, 1.165) is 11.3 Å². The number of nitrogens with one attached hydrogen (secondary N) is 1. The van der Waals surface area contributed by atoms with E-state index in [0.29, 0.717) is 17.4 Å². The maximum Gasteiger partial charge on any atom is 0.271 e. The molecule has 9 heteroatoms. The van der Waals surface area contributed by atoms with Crippen molar-refractivity contribution in [2.45, 2.75) is 12.8 Å². The lowest BCUT2D eigenvalue weighted by Gasteiger charge is -2.03. The summed E-state index contributed by atoms with van der Waals surface area (Å²) in [6.07, 6.45) is 0.358. The van der Waals surface area contributed by atoms with Crippen molar-refractivity contribution < 1.29 is 19.0 Å². The molecule has 0 aliphatic carbocycles. The van der Waals surface area contributed by atoms with Crippen LogP contribution in [0.2, 0.25) is 0 Å². The van der Waals surface area contributed by atoms with Crippen LogP contribution < -0.4 is 10.1 Å². The quantitative estimate of drug-likeness (QED) is 0.502. The van der Waals surface area contributed by atoms with Gasteiger partial charge < -0.3 is 14.6 Å². The van der Waals surface area contributed by atoms with Crippen molar-refractivity contribution in [3.63, 3.8) is 0 Å². The van der Waals surface area contributed by atoms with E-state index in [-0.39, 0.29) is 24.4 Å². The number of hydrogen-bond acceptors (Lipinski definition) is 7. The maximum absolute atomic E-state index is 12.0. The highest BCUT2D eigenvalue weighted by atomic mass is 16.6. The Morgan fingerprint density at radius 3 is 2.74 bits per heavy atom. The second-order valence-corrected chi connectivity index (χ2v) is 5.60. The summed E-state index contributed by atoms with van der Waals surface area (Å²) >= 11 is 0. The van der Waals surface area contributed by atoms with Gasteiger partial charge in [-0.1, -0.05) is 11.2 Å². The van der Waals surface area contributed by atoms with Crippen LogP contribution in [0.4, 0.5) is 11.4 Å². The monoisotopic (exact) mass is 368 g/mol. The normalized spacial score (nSPS) is 10.4. The summed E-state index contributed by atoms with van der Waals surface area (Å²) in [5.41, 5.74) is 1.04. The van der Waals surface area contributed by atoms with Crippen LogP contribution in [0, 0.1) is 10.1 Å². The van der Waals surface area contributed by atoms with Gasteiger partial charge in [0.05, 0.1) is 12.0 Å². The molecular weight excluding hydrogens is 352 g/mol. The second-order valence-electron chi connectivity index (χ2n) is 5.60. The lowest BCUT2D eigenvalue weighted by Crippen LogP contribution is -2.12. The number of non-ortho nitro benzene ring substituents is 1. The van der Waals surface area contributed by atoms with Gasteiger partial charge in [-0.15, -0.1) is 0 Å². The van der Waals surface area contributed by atoms with Crippen LogP contribution in [0.1, 0.15) is 12.3 Å². The smallest absolute Gasteiger partial charge is 0.271 e. The Balaban J connectivity index is 1.57. The van der Waals surface area contributed by atoms with Crippen LogP contribution >= 0.6 is 0 Å². The minimum absolute atomic E-state index is 0.0890. The molecule has 1 amide bonds. The van der Waals surface area contributed by atoms with E-state index >= 15 is 0 Å². The molecule has 1 N–H and O–H groups in total. The molecule has 3 aromatic rings. The molecule has 0 unspecified atom stereocenters. The van der Waals surface area contributed by atoms with Crippen molar-refractivity contribution in [2.24, 2.45) is 0 Å². The second kappa shape index (κ2) is 8.09. The molecule has 27 heavy (non-hydrogen) atoms. The van der Waals surface area contributed by atoms with Crippen LogP contribution in [0.15, 0.2) is 53.1 Å². The molecule has 0 spiro atoms. The molecule has 0 fully saturated rings. The topological polar surface area (TPSA) is 120 Å². The number of benzene rings is 2. The number of anilines is 1. The van der Waals surface area contributed by atoms with Crippen LogP contribution in [0.25, 0.3) is 11.4 Å². The van der Waals surface area contributed by atoms with Gasteiger partial charge in [0.25, 0.3) is 5.69 Å². The number of methoxy groups -OCH3 is 1. The molecule has 0 atom stereocenters. The number of nitro groups is 1. The summed E-state index contributed by atoms with van der Waals surface area (Å²) in [6, 6.07) is 12.9. The third-order valence-electron chi connectivity index (χ3n) is 3.72. The fourth-order valence-corrected chi connectivity index (χ4v) is 2.35. The van der Waals surface area contributed by atoms with Gasteiger partial charge in [-0.25, -0.2) is 0 Å². The summed E-state index contributed by atoms with van der Waals surface area (Å²) < 4.78 is 10.3. The molecule has 138 valence electrons. The molecule has 2 aromatic carbocycles. The number of carbonyl (C=O) groups is 1. The molecule has 0 bridgehead atoms. The first-order valence-electron chi connectivity index (χ1n) is 8.06. The zero-order valence-electron chi connectivity index (χ0n) is 14.4. The summed E-state index contributed by atoms with van der Waals surface area (Å²) in [7, 11) is 1.58. The van der Waals surface area contributed by atoms with E-state index in [1.54, 1.807) is 25.3 Å². The van der Waals surface area contributed by atoms with Crippen LogP contribution in [-0.4, -0.2) is 28.1 Å². The van der Waals surface area contributed by atoms with Gasteiger partial charge >= 0.3 is 0 Å². The number of carbonyl (C=O) groups excluding carboxylic acids is 1. The molecular formula is C18H16N4O5. The van der Waals surface area contributed by atoms with Crippen molar-refractivity contribution in [3.8, 4) is 17.1 Å². The van der Waals surface area contributed by atoms with Crippen molar-refractivity contribution in [1.82, 2.24) is 10.1 Å². The van der Waals surface area contributed by atoms with Crippen LogP contribution in [0.5, 0.6) is 5.75 Å². The first kappa shape index (κ1) is 18.1. The number of nitrogens with zero attached hydrogens (tertiary/aromatic N) is 3. The molecule has 1 aromatic heterocycles. The average molecular weight is 368 g/mol. The summed E-state index contributed by atoms with van der Waals surface area (Å²) in [5.74, 6) is 1.17. The Hall–Kier alpha value is -3.75. The van der Waals surface area contributed by atoms with Gasteiger partial charge in [0.15, 0.2) is 0 Å². The predicted octanol–water partition coefficient (Wildman–Crippen LogP) is 3.22. The molecule has 0 saturated heterocycles. The van der Waals surface area contributed by atoms with Crippen molar-refractivity contribution in [3.05, 3.63) is 64.5 Å². The standard InChI is InChI=1S/C18H16N4O5/c1-26-15-7-5-12(6-8-15)18-20-17(27-21-18)10-9-16(23)19-13-3-2-4-14(11-13)22(24)25/h2-8,11H,9-10H2,1H3,(H,19,23).